The number of hydrogen-bond donors (Lipinski definition) is 1. The lowest BCUT2D eigenvalue weighted by atomic mass is 9.86. The number of esters is 1. The van der Waals surface area contributed by atoms with Gasteiger partial charge in [-0.05, 0) is 84.5 Å². The van der Waals surface area contributed by atoms with Crippen molar-refractivity contribution < 1.29 is 19.1 Å². The first-order chi connectivity index (χ1) is 17.7. The Morgan fingerprint density at radius 3 is 2.38 bits per heavy atom. The molecule has 37 heavy (non-hydrogen) atoms. The van der Waals surface area contributed by atoms with Gasteiger partial charge in [0.05, 0.1) is 25.0 Å². The smallest absolute Gasteiger partial charge is 0.307 e. The summed E-state index contributed by atoms with van der Waals surface area (Å²) >= 11 is 1.51. The molecule has 198 valence electrons. The summed E-state index contributed by atoms with van der Waals surface area (Å²) in [7, 11) is 1.34. The highest BCUT2D eigenvalue weighted by atomic mass is 32.1. The molecule has 1 N–H and O–H groups in total. The van der Waals surface area contributed by atoms with Crippen LogP contribution in [-0.4, -0.2) is 32.1 Å². The zero-order chi connectivity index (χ0) is 26.8. The van der Waals surface area contributed by atoms with Crippen molar-refractivity contribution in [1.82, 2.24) is 5.32 Å². The number of amides is 1. The fraction of sp³-hybridized carbons (Fsp3) is 0.419. The van der Waals surface area contributed by atoms with Crippen molar-refractivity contribution in [3.63, 3.8) is 0 Å². The third-order valence-electron chi connectivity index (χ3n) is 6.32. The minimum atomic E-state index is -0.329. The molecule has 5 nitrogen and oxygen atoms in total. The largest absolute Gasteiger partial charge is 0.494 e. The number of methoxy groups -OCH3 is 1. The molecule has 0 saturated heterocycles. The molecule has 6 heteroatoms. The van der Waals surface area contributed by atoms with Gasteiger partial charge >= 0.3 is 5.97 Å². The highest BCUT2D eigenvalue weighted by molar-refractivity contribution is 7.14. The second-order valence-electron chi connectivity index (χ2n) is 10.3. The summed E-state index contributed by atoms with van der Waals surface area (Å²) in [6.07, 6.45) is 4.23. The van der Waals surface area contributed by atoms with E-state index in [4.69, 9.17) is 4.74 Å². The molecule has 1 amide bonds. The Labute approximate surface area is 225 Å². The normalized spacial score (nSPS) is 11.3. The van der Waals surface area contributed by atoms with Crippen LogP contribution in [0.15, 0.2) is 54.6 Å². The van der Waals surface area contributed by atoms with E-state index < -0.39 is 0 Å². The van der Waals surface area contributed by atoms with Crippen molar-refractivity contribution in [1.29, 1.82) is 0 Å². The second-order valence-corrected chi connectivity index (χ2v) is 11.5. The third kappa shape index (κ3) is 8.74. The van der Waals surface area contributed by atoms with Crippen LogP contribution in [0.2, 0.25) is 0 Å². The summed E-state index contributed by atoms with van der Waals surface area (Å²) in [5, 5.41) is 2.76. The molecule has 1 aromatic heterocycles. The minimum Gasteiger partial charge on any atom is -0.494 e. The molecule has 0 radical (unpaired) electrons. The number of hydrogen-bond acceptors (Lipinski definition) is 5. The summed E-state index contributed by atoms with van der Waals surface area (Å²) < 4.78 is 10.6. The Hall–Kier alpha value is -3.12. The second kappa shape index (κ2) is 13.4. The quantitative estimate of drug-likeness (QED) is 0.204. The molecule has 1 heterocycles. The van der Waals surface area contributed by atoms with Gasteiger partial charge in [0.2, 0.25) is 0 Å². The van der Waals surface area contributed by atoms with Crippen molar-refractivity contribution in [2.24, 2.45) is 0 Å². The number of nitrogens with one attached hydrogen (secondary N) is 1. The van der Waals surface area contributed by atoms with Gasteiger partial charge in [-0.15, -0.1) is 11.3 Å². The van der Waals surface area contributed by atoms with Gasteiger partial charge in [-0.1, -0.05) is 51.1 Å². The molecule has 0 saturated carbocycles. The Morgan fingerprint density at radius 1 is 0.946 bits per heavy atom. The molecule has 0 fully saturated rings. The zero-order valence-corrected chi connectivity index (χ0v) is 23.5. The van der Waals surface area contributed by atoms with Gasteiger partial charge in [0.25, 0.3) is 5.91 Å². The maximum Gasteiger partial charge on any atom is 0.307 e. The van der Waals surface area contributed by atoms with Crippen LogP contribution in [0.25, 0.3) is 11.1 Å². The number of thiophene rings is 1. The van der Waals surface area contributed by atoms with Gasteiger partial charge in [-0.3, -0.25) is 9.59 Å². The van der Waals surface area contributed by atoms with Crippen LogP contribution in [0.3, 0.4) is 0 Å². The van der Waals surface area contributed by atoms with E-state index in [0.29, 0.717) is 11.5 Å². The molecule has 0 aliphatic carbocycles. The van der Waals surface area contributed by atoms with E-state index in [1.54, 1.807) is 0 Å². The minimum absolute atomic E-state index is 0.142. The molecular weight excluding hydrogens is 482 g/mol. The highest BCUT2D eigenvalue weighted by Crippen LogP contribution is 2.30. The first-order valence-electron chi connectivity index (χ1n) is 13.0. The monoisotopic (exact) mass is 521 g/mol. The SMILES string of the molecule is COC(=O)CCNC(=O)c1ccc(CCCCCOc2ccc(-c3ccc(C(C)(C)C)cc3)c(C)c2)s1. The number of carbonyl (C=O) groups is 2. The average Bonchev–Trinajstić information content (AvgIpc) is 3.34. The predicted octanol–water partition coefficient (Wildman–Crippen LogP) is 7.11. The van der Waals surface area contributed by atoms with Crippen LogP contribution in [0, 0.1) is 6.92 Å². The maximum absolute atomic E-state index is 12.2. The number of aryl methyl sites for hydroxylation is 2. The van der Waals surface area contributed by atoms with Crippen molar-refractivity contribution >= 4 is 23.2 Å². The number of ether oxygens (including phenoxy) is 2. The Balaban J connectivity index is 1.37. The summed E-state index contributed by atoms with van der Waals surface area (Å²) in [6.45, 7) is 9.81. The molecule has 0 aliphatic heterocycles. The fourth-order valence-electron chi connectivity index (χ4n) is 4.07. The molecule has 3 aromatic rings. The number of unbranched alkanes of at least 4 members (excludes halogenated alkanes) is 2. The van der Waals surface area contributed by atoms with Crippen LogP contribution in [0.1, 0.15) is 72.1 Å². The van der Waals surface area contributed by atoms with E-state index >= 15 is 0 Å². The number of benzene rings is 2. The van der Waals surface area contributed by atoms with Gasteiger partial charge < -0.3 is 14.8 Å². The summed E-state index contributed by atoms with van der Waals surface area (Å²) in [5.74, 6) is 0.440. The first kappa shape index (κ1) is 28.5. The van der Waals surface area contributed by atoms with E-state index in [2.05, 4.69) is 80.2 Å². The van der Waals surface area contributed by atoms with Crippen molar-refractivity contribution in [2.45, 2.75) is 65.2 Å². The lowest BCUT2D eigenvalue weighted by molar-refractivity contribution is -0.140. The Morgan fingerprint density at radius 2 is 1.70 bits per heavy atom. The number of rotatable bonds is 12. The van der Waals surface area contributed by atoms with E-state index in [0.717, 1.165) is 31.4 Å². The van der Waals surface area contributed by atoms with Crippen LogP contribution < -0.4 is 10.1 Å². The van der Waals surface area contributed by atoms with Gasteiger partial charge in [0.15, 0.2) is 0 Å². The molecular formula is C31H39NO4S. The molecule has 0 unspecified atom stereocenters. The van der Waals surface area contributed by atoms with Crippen LogP contribution in [0.4, 0.5) is 0 Å². The van der Waals surface area contributed by atoms with Crippen LogP contribution in [-0.2, 0) is 21.4 Å². The summed E-state index contributed by atoms with van der Waals surface area (Å²) in [6, 6.07) is 19.0. The maximum atomic E-state index is 12.2. The standard InChI is InChI=1S/C31H39NO4S/c1-22-21-25(14-16-27(22)23-10-12-24(13-11-23)31(2,3)4)36-20-8-6-7-9-26-15-17-28(37-26)30(34)32-19-18-29(33)35-5/h10-17,21H,6-9,18-20H2,1-5H3,(H,32,34). The molecule has 0 atom stereocenters. The van der Waals surface area contributed by atoms with E-state index in [9.17, 15) is 9.59 Å². The highest BCUT2D eigenvalue weighted by Gasteiger charge is 2.14. The van der Waals surface area contributed by atoms with Gasteiger partial charge in [-0.25, -0.2) is 0 Å². The predicted molar refractivity (Wildman–Crippen MR) is 152 cm³/mol. The van der Waals surface area contributed by atoms with Gasteiger partial charge in [-0.2, -0.15) is 0 Å². The lowest BCUT2D eigenvalue weighted by Gasteiger charge is -2.19. The molecule has 0 bridgehead atoms. The molecule has 0 aliphatic rings. The van der Waals surface area contributed by atoms with Gasteiger partial charge in [0.1, 0.15) is 5.75 Å². The van der Waals surface area contributed by atoms with Gasteiger partial charge in [0, 0.05) is 11.4 Å². The zero-order valence-electron chi connectivity index (χ0n) is 22.7. The average molecular weight is 522 g/mol. The summed E-state index contributed by atoms with van der Waals surface area (Å²) in [5.41, 5.74) is 5.17. The first-order valence-corrected chi connectivity index (χ1v) is 13.8. The topological polar surface area (TPSA) is 64.6 Å². The lowest BCUT2D eigenvalue weighted by Crippen LogP contribution is -2.25. The van der Waals surface area contributed by atoms with Crippen molar-refractivity contribution in [3.05, 3.63) is 75.5 Å². The molecule has 3 rings (SSSR count). The van der Waals surface area contributed by atoms with E-state index in [1.807, 2.05) is 12.1 Å². The van der Waals surface area contributed by atoms with E-state index in [1.165, 1.54) is 45.6 Å². The number of carbonyl (C=O) groups excluding carboxylic acids is 2. The third-order valence-corrected chi connectivity index (χ3v) is 7.47. The Bertz CT molecular complexity index is 1170. The molecule has 0 spiro atoms. The molecule has 2 aromatic carbocycles. The summed E-state index contributed by atoms with van der Waals surface area (Å²) in [4.78, 5) is 25.2. The van der Waals surface area contributed by atoms with Crippen molar-refractivity contribution in [2.75, 3.05) is 20.3 Å². The van der Waals surface area contributed by atoms with E-state index in [-0.39, 0.29) is 30.3 Å². The van der Waals surface area contributed by atoms with Crippen LogP contribution in [0.5, 0.6) is 5.75 Å². The van der Waals surface area contributed by atoms with Crippen molar-refractivity contribution in [3.8, 4) is 16.9 Å². The fourth-order valence-corrected chi connectivity index (χ4v) is 5.04. The van der Waals surface area contributed by atoms with Crippen LogP contribution >= 0.6 is 11.3 Å². The Kier molecular flexibility index (Phi) is 10.3.